The Morgan fingerprint density at radius 2 is 1.94 bits per heavy atom. The Morgan fingerprint density at radius 3 is 2.54 bits per heavy atom. The fraction of sp³-hybridized carbons (Fsp3) is 0.348. The van der Waals surface area contributed by atoms with E-state index in [1.807, 2.05) is 22.6 Å². The number of methoxy groups -OCH3 is 1. The van der Waals surface area contributed by atoms with Crippen LogP contribution in [-0.4, -0.2) is 71.5 Å². The summed E-state index contributed by atoms with van der Waals surface area (Å²) in [6.45, 7) is 0.965. The number of anilines is 1. The molecular formula is C23H25FIN3O7. The van der Waals surface area contributed by atoms with Crippen molar-refractivity contribution in [3.05, 3.63) is 57.4 Å². The molecule has 188 valence electrons. The van der Waals surface area contributed by atoms with Crippen molar-refractivity contribution in [1.29, 1.82) is 0 Å². The second-order valence-corrected chi connectivity index (χ2v) is 9.05. The molecule has 0 aromatic heterocycles. The lowest BCUT2D eigenvalue weighted by Gasteiger charge is -2.28. The van der Waals surface area contributed by atoms with E-state index in [0.29, 0.717) is 14.9 Å². The van der Waals surface area contributed by atoms with Crippen LogP contribution in [0.5, 0.6) is 5.75 Å². The summed E-state index contributed by atoms with van der Waals surface area (Å²) in [5, 5.41) is 23.2. The number of nitrogens with zero attached hydrogens (tertiary/aromatic N) is 1. The predicted octanol–water partition coefficient (Wildman–Crippen LogP) is 1.80. The Labute approximate surface area is 214 Å². The number of nitrogens with one attached hydrogen (secondary N) is 2. The van der Waals surface area contributed by atoms with Crippen LogP contribution in [0.25, 0.3) is 0 Å². The zero-order chi connectivity index (χ0) is 25.7. The number of hydrogen-bond acceptors (Lipinski definition) is 7. The second-order valence-electron chi connectivity index (χ2n) is 7.81. The molecule has 1 fully saturated rings. The largest absolute Gasteiger partial charge is 0.491 e. The molecule has 1 heterocycles. The minimum absolute atomic E-state index is 0.0887. The quantitative estimate of drug-likeness (QED) is 0.241. The van der Waals surface area contributed by atoms with Gasteiger partial charge in [0, 0.05) is 10.7 Å². The van der Waals surface area contributed by atoms with Gasteiger partial charge in [0.1, 0.15) is 36.4 Å². The molecule has 4 amide bonds. The first kappa shape index (κ1) is 26.8. The molecule has 3 rings (SSSR count). The van der Waals surface area contributed by atoms with E-state index in [4.69, 9.17) is 14.6 Å². The van der Waals surface area contributed by atoms with Crippen LogP contribution in [0.15, 0.2) is 42.5 Å². The Bertz CT molecular complexity index is 1090. The lowest BCUT2D eigenvalue weighted by Crippen LogP contribution is -2.53. The van der Waals surface area contributed by atoms with Gasteiger partial charge >= 0.3 is 6.03 Å². The summed E-state index contributed by atoms with van der Waals surface area (Å²) < 4.78 is 25.5. The van der Waals surface area contributed by atoms with Gasteiger partial charge in [0.15, 0.2) is 0 Å². The van der Waals surface area contributed by atoms with Gasteiger partial charge in [0.25, 0.3) is 11.8 Å². The summed E-state index contributed by atoms with van der Waals surface area (Å²) in [6, 6.07) is 7.23. The number of ether oxygens (including phenoxy) is 2. The average Bonchev–Trinajstić information content (AvgIpc) is 3.13. The van der Waals surface area contributed by atoms with Gasteiger partial charge < -0.3 is 30.3 Å². The number of carbonyl (C=O) groups is 3. The monoisotopic (exact) mass is 601 g/mol. The number of amides is 4. The van der Waals surface area contributed by atoms with Crippen molar-refractivity contribution in [2.24, 2.45) is 0 Å². The van der Waals surface area contributed by atoms with Crippen LogP contribution >= 0.6 is 22.6 Å². The van der Waals surface area contributed by atoms with Gasteiger partial charge in [-0.2, -0.15) is 0 Å². The molecule has 0 unspecified atom stereocenters. The smallest absolute Gasteiger partial charge is 0.325 e. The third-order valence-electron chi connectivity index (χ3n) is 5.39. The standard InChI is InChI=1S/C23H25FIN3O7/c1-12(34-2)20(21(31)26-18-8-5-14(25)9-17(18)24)28-22(32)19(27-23(28)33)13-3-6-16(7-4-13)35-11-15(30)10-29/h3-9,12,15,19-20,29-30H,10-11H2,1-2H3,(H,26,31)(H,27,33)/t12-,15-,19-,20+/m1/s1. The molecule has 0 saturated carbocycles. The average molecular weight is 601 g/mol. The number of rotatable bonds is 10. The van der Waals surface area contributed by atoms with Gasteiger partial charge in [0.2, 0.25) is 0 Å². The van der Waals surface area contributed by atoms with E-state index in [2.05, 4.69) is 10.6 Å². The van der Waals surface area contributed by atoms with Crippen molar-refractivity contribution in [1.82, 2.24) is 10.2 Å². The van der Waals surface area contributed by atoms with Gasteiger partial charge in [-0.05, 0) is 65.4 Å². The summed E-state index contributed by atoms with van der Waals surface area (Å²) in [5.74, 6) is -1.72. The summed E-state index contributed by atoms with van der Waals surface area (Å²) >= 11 is 1.93. The molecule has 35 heavy (non-hydrogen) atoms. The van der Waals surface area contributed by atoms with E-state index >= 15 is 0 Å². The highest BCUT2D eigenvalue weighted by Gasteiger charge is 2.47. The Kier molecular flexibility index (Phi) is 8.99. The number of imide groups is 1. The Balaban J connectivity index is 1.79. The first-order valence-corrected chi connectivity index (χ1v) is 11.7. The van der Waals surface area contributed by atoms with Crippen LogP contribution in [-0.2, 0) is 14.3 Å². The zero-order valence-electron chi connectivity index (χ0n) is 18.9. The molecule has 4 atom stereocenters. The van der Waals surface area contributed by atoms with Gasteiger partial charge in [-0.25, -0.2) is 14.1 Å². The van der Waals surface area contributed by atoms with Crippen LogP contribution in [0.4, 0.5) is 14.9 Å². The maximum Gasteiger partial charge on any atom is 0.325 e. The molecule has 1 saturated heterocycles. The van der Waals surface area contributed by atoms with Crippen molar-refractivity contribution < 1.29 is 38.5 Å². The first-order chi connectivity index (χ1) is 16.7. The molecule has 4 N–H and O–H groups in total. The SMILES string of the molecule is CO[C@H](C)[C@@H](C(=O)Nc1ccc(I)cc1F)N1C(=O)N[C@H](c2ccc(OC[C@H](O)CO)cc2)C1=O. The molecular weight excluding hydrogens is 576 g/mol. The molecule has 1 aliphatic heterocycles. The van der Waals surface area contributed by atoms with Crippen LogP contribution in [0, 0.1) is 9.39 Å². The molecule has 2 aromatic carbocycles. The number of hydrogen-bond donors (Lipinski definition) is 4. The highest BCUT2D eigenvalue weighted by Crippen LogP contribution is 2.28. The van der Waals surface area contributed by atoms with Crippen molar-refractivity contribution in [3.63, 3.8) is 0 Å². The zero-order valence-corrected chi connectivity index (χ0v) is 21.1. The maximum absolute atomic E-state index is 14.3. The number of carbonyl (C=O) groups excluding carboxylic acids is 3. The minimum Gasteiger partial charge on any atom is -0.491 e. The lowest BCUT2D eigenvalue weighted by atomic mass is 10.0. The second kappa shape index (κ2) is 11.7. The maximum atomic E-state index is 14.3. The van der Waals surface area contributed by atoms with E-state index in [1.165, 1.54) is 26.2 Å². The normalized spacial score (nSPS) is 18.1. The van der Waals surface area contributed by atoms with Gasteiger partial charge in [-0.1, -0.05) is 12.1 Å². The number of halogens is 2. The topological polar surface area (TPSA) is 137 Å². The predicted molar refractivity (Wildman–Crippen MR) is 131 cm³/mol. The van der Waals surface area contributed by atoms with Crippen molar-refractivity contribution in [2.45, 2.75) is 31.2 Å². The Morgan fingerprint density at radius 1 is 1.26 bits per heavy atom. The van der Waals surface area contributed by atoms with E-state index in [-0.39, 0.29) is 12.3 Å². The highest BCUT2D eigenvalue weighted by atomic mass is 127. The molecule has 0 aliphatic carbocycles. The lowest BCUT2D eigenvalue weighted by molar-refractivity contribution is -0.137. The van der Waals surface area contributed by atoms with E-state index < -0.39 is 54.6 Å². The van der Waals surface area contributed by atoms with Crippen LogP contribution in [0.2, 0.25) is 0 Å². The molecule has 0 radical (unpaired) electrons. The van der Waals surface area contributed by atoms with Crippen LogP contribution in [0.1, 0.15) is 18.5 Å². The van der Waals surface area contributed by atoms with Crippen molar-refractivity contribution in [2.75, 3.05) is 25.6 Å². The van der Waals surface area contributed by atoms with Gasteiger partial charge in [-0.15, -0.1) is 0 Å². The first-order valence-electron chi connectivity index (χ1n) is 10.6. The van der Waals surface area contributed by atoms with Gasteiger partial charge in [0.05, 0.1) is 18.4 Å². The summed E-state index contributed by atoms with van der Waals surface area (Å²) in [7, 11) is 1.33. The van der Waals surface area contributed by atoms with E-state index in [1.54, 1.807) is 30.3 Å². The molecule has 1 aliphatic rings. The molecule has 2 aromatic rings. The third kappa shape index (κ3) is 6.25. The third-order valence-corrected chi connectivity index (χ3v) is 6.06. The minimum atomic E-state index is -1.36. The molecule has 10 nitrogen and oxygen atoms in total. The number of benzene rings is 2. The van der Waals surface area contributed by atoms with E-state index in [9.17, 15) is 23.9 Å². The van der Waals surface area contributed by atoms with E-state index in [0.717, 1.165) is 4.90 Å². The molecule has 0 bridgehead atoms. The fourth-order valence-corrected chi connectivity index (χ4v) is 3.90. The number of aliphatic hydroxyl groups is 2. The summed E-state index contributed by atoms with van der Waals surface area (Å²) in [5.41, 5.74) is 0.350. The number of aliphatic hydroxyl groups excluding tert-OH is 2. The van der Waals surface area contributed by atoms with Crippen LogP contribution < -0.4 is 15.4 Å². The molecule has 0 spiro atoms. The van der Waals surface area contributed by atoms with Gasteiger partial charge in [-0.3, -0.25) is 9.59 Å². The summed E-state index contributed by atoms with van der Waals surface area (Å²) in [6.07, 6.45) is -1.91. The number of urea groups is 1. The summed E-state index contributed by atoms with van der Waals surface area (Å²) in [4.78, 5) is 39.9. The van der Waals surface area contributed by atoms with Crippen molar-refractivity contribution in [3.8, 4) is 5.75 Å². The molecule has 12 heteroatoms. The highest BCUT2D eigenvalue weighted by molar-refractivity contribution is 14.1. The fourth-order valence-electron chi connectivity index (χ4n) is 3.45. The van der Waals surface area contributed by atoms with Crippen LogP contribution in [0.3, 0.4) is 0 Å². The van der Waals surface area contributed by atoms with Crippen molar-refractivity contribution >= 4 is 46.1 Å². The Hall–Kier alpha value is -2.81.